The van der Waals surface area contributed by atoms with Gasteiger partial charge in [0, 0.05) is 18.3 Å². The highest BCUT2D eigenvalue weighted by atomic mass is 19.1. The molecule has 1 unspecified atom stereocenters. The molecule has 0 heterocycles. The number of aliphatic hydroxyl groups excluding tert-OH is 1. The van der Waals surface area contributed by atoms with Crippen LogP contribution >= 0.6 is 0 Å². The smallest absolute Gasteiger partial charge is 0.161 e. The van der Waals surface area contributed by atoms with Gasteiger partial charge in [-0.2, -0.15) is 0 Å². The monoisotopic (exact) mass is 334 g/mol. The molecule has 0 aliphatic heterocycles. The van der Waals surface area contributed by atoms with Gasteiger partial charge in [-0.25, -0.2) is 4.39 Å². The Balaban J connectivity index is 1.62. The summed E-state index contributed by atoms with van der Waals surface area (Å²) in [6.45, 7) is 1.87. The number of halogens is 1. The van der Waals surface area contributed by atoms with Gasteiger partial charge in [0.2, 0.25) is 0 Å². The first kappa shape index (κ1) is 16.4. The van der Waals surface area contributed by atoms with Gasteiger partial charge < -0.3 is 5.11 Å². The lowest BCUT2D eigenvalue weighted by atomic mass is 9.51. The molecule has 3 nitrogen and oxygen atoms in total. The molecule has 0 spiro atoms. The van der Waals surface area contributed by atoms with Crippen LogP contribution in [0.25, 0.3) is 0 Å². The quantitative estimate of drug-likeness (QED) is 0.843. The van der Waals surface area contributed by atoms with E-state index >= 15 is 0 Å². The number of rotatable bonds is 2. The maximum Gasteiger partial charge on any atom is 0.161 e. The lowest BCUT2D eigenvalue weighted by Crippen LogP contribution is -2.49. The van der Waals surface area contributed by atoms with Gasteiger partial charge in [-0.05, 0) is 67.8 Å². The number of aliphatic hydroxyl groups is 1. The zero-order valence-corrected chi connectivity index (χ0v) is 14.3. The van der Waals surface area contributed by atoms with Crippen LogP contribution in [0.4, 0.5) is 4.39 Å². The SMILES string of the molecule is C[C@]12CC[C@H]3[C@@H](CCC4=CC(=O)CC(F)[C@@H]43)[C@@H]1CC[C@@H]2C(=O)CO. The summed E-state index contributed by atoms with van der Waals surface area (Å²) >= 11 is 0. The van der Waals surface area contributed by atoms with E-state index in [9.17, 15) is 19.1 Å². The van der Waals surface area contributed by atoms with Crippen molar-refractivity contribution < 1.29 is 19.1 Å². The summed E-state index contributed by atoms with van der Waals surface area (Å²) in [7, 11) is 0. The number of alkyl halides is 1. The highest BCUT2D eigenvalue weighted by Gasteiger charge is 2.58. The van der Waals surface area contributed by atoms with Crippen LogP contribution in [0, 0.1) is 35.0 Å². The largest absolute Gasteiger partial charge is 0.389 e. The van der Waals surface area contributed by atoms with Crippen LogP contribution in [0.2, 0.25) is 0 Å². The molecule has 0 aromatic carbocycles. The molecule has 0 aromatic heterocycles. The summed E-state index contributed by atoms with van der Waals surface area (Å²) in [6, 6.07) is 0. The van der Waals surface area contributed by atoms with Crippen molar-refractivity contribution in [2.75, 3.05) is 6.61 Å². The predicted molar refractivity (Wildman–Crippen MR) is 88.0 cm³/mol. The van der Waals surface area contributed by atoms with Crippen molar-refractivity contribution in [3.8, 4) is 0 Å². The molecule has 24 heavy (non-hydrogen) atoms. The number of hydrogen-bond donors (Lipinski definition) is 1. The number of fused-ring (bicyclic) bond motifs is 5. The van der Waals surface area contributed by atoms with Gasteiger partial charge >= 0.3 is 0 Å². The van der Waals surface area contributed by atoms with Crippen LogP contribution < -0.4 is 0 Å². The second-order valence-corrected chi connectivity index (χ2v) is 8.70. The third-order valence-electron chi connectivity index (χ3n) is 7.83. The maximum absolute atomic E-state index is 14.7. The number of carbonyl (C=O) groups excluding carboxylic acids is 2. The Morgan fingerprint density at radius 2 is 2.08 bits per heavy atom. The van der Waals surface area contributed by atoms with E-state index in [4.69, 9.17) is 0 Å². The first-order valence-electron chi connectivity index (χ1n) is 9.46. The van der Waals surface area contributed by atoms with E-state index in [1.807, 2.05) is 0 Å². The molecule has 0 radical (unpaired) electrons. The van der Waals surface area contributed by atoms with E-state index in [0.29, 0.717) is 17.8 Å². The maximum atomic E-state index is 14.7. The summed E-state index contributed by atoms with van der Waals surface area (Å²) in [5.41, 5.74) is 1.02. The van der Waals surface area contributed by atoms with Crippen LogP contribution in [0.15, 0.2) is 11.6 Å². The Hall–Kier alpha value is -1.03. The predicted octanol–water partition coefficient (Wildman–Crippen LogP) is 3.25. The zero-order chi connectivity index (χ0) is 17.1. The average molecular weight is 334 g/mol. The van der Waals surface area contributed by atoms with Crippen molar-refractivity contribution in [1.82, 2.24) is 0 Å². The molecular weight excluding hydrogens is 307 g/mol. The molecule has 4 rings (SSSR count). The second kappa shape index (κ2) is 5.76. The summed E-state index contributed by atoms with van der Waals surface area (Å²) in [5, 5.41) is 9.31. The molecule has 132 valence electrons. The van der Waals surface area contributed by atoms with Gasteiger partial charge in [0.25, 0.3) is 0 Å². The third kappa shape index (κ3) is 2.25. The number of allylic oxidation sites excluding steroid dienone is 1. The van der Waals surface area contributed by atoms with Crippen molar-refractivity contribution in [3.05, 3.63) is 11.6 Å². The van der Waals surface area contributed by atoms with Gasteiger partial charge in [-0.3, -0.25) is 9.59 Å². The molecule has 4 aliphatic rings. The van der Waals surface area contributed by atoms with Crippen LogP contribution in [0.1, 0.15) is 51.9 Å². The van der Waals surface area contributed by atoms with Gasteiger partial charge in [0.1, 0.15) is 12.8 Å². The van der Waals surface area contributed by atoms with Gasteiger partial charge in [-0.15, -0.1) is 0 Å². The molecule has 0 saturated heterocycles. The summed E-state index contributed by atoms with van der Waals surface area (Å²) < 4.78 is 14.7. The molecule has 4 heteroatoms. The minimum Gasteiger partial charge on any atom is -0.389 e. The van der Waals surface area contributed by atoms with Gasteiger partial charge in [0.05, 0.1) is 0 Å². The topological polar surface area (TPSA) is 54.4 Å². The Labute approximate surface area is 142 Å². The number of carbonyl (C=O) groups is 2. The molecular formula is C20H27FO3. The van der Waals surface area contributed by atoms with Crippen LogP contribution in [-0.4, -0.2) is 29.5 Å². The van der Waals surface area contributed by atoms with Gasteiger partial charge in [-0.1, -0.05) is 12.5 Å². The van der Waals surface area contributed by atoms with Crippen molar-refractivity contribution in [3.63, 3.8) is 0 Å². The molecule has 3 saturated carbocycles. The van der Waals surface area contributed by atoms with E-state index in [1.165, 1.54) is 0 Å². The summed E-state index contributed by atoms with van der Waals surface area (Å²) in [5.74, 6) is 1.09. The fourth-order valence-electron chi connectivity index (χ4n) is 6.85. The first-order chi connectivity index (χ1) is 11.5. The lowest BCUT2D eigenvalue weighted by Gasteiger charge is -2.54. The van der Waals surface area contributed by atoms with E-state index < -0.39 is 6.17 Å². The lowest BCUT2D eigenvalue weighted by molar-refractivity contribution is -0.132. The fraction of sp³-hybridized carbons (Fsp3) is 0.800. The van der Waals surface area contributed by atoms with E-state index in [-0.39, 0.29) is 41.8 Å². The van der Waals surface area contributed by atoms with E-state index in [0.717, 1.165) is 44.1 Å². The average Bonchev–Trinajstić information content (AvgIpc) is 2.90. The highest BCUT2D eigenvalue weighted by molar-refractivity contribution is 5.92. The van der Waals surface area contributed by atoms with Crippen molar-refractivity contribution in [2.24, 2.45) is 35.0 Å². The molecule has 7 atom stereocenters. The Kier molecular flexibility index (Phi) is 3.94. The Bertz CT molecular complexity index is 598. The second-order valence-electron chi connectivity index (χ2n) is 8.70. The van der Waals surface area contributed by atoms with Crippen molar-refractivity contribution in [1.29, 1.82) is 0 Å². The van der Waals surface area contributed by atoms with Gasteiger partial charge in [0.15, 0.2) is 11.6 Å². The Morgan fingerprint density at radius 1 is 1.29 bits per heavy atom. The summed E-state index contributed by atoms with van der Waals surface area (Å²) in [4.78, 5) is 23.9. The minimum atomic E-state index is -1.02. The molecule has 0 bridgehead atoms. The van der Waals surface area contributed by atoms with E-state index in [1.54, 1.807) is 6.08 Å². The normalized spacial score (nSPS) is 47.5. The first-order valence-corrected chi connectivity index (χ1v) is 9.46. The summed E-state index contributed by atoms with van der Waals surface area (Å²) in [6.07, 6.45) is 6.39. The Morgan fingerprint density at radius 3 is 2.83 bits per heavy atom. The van der Waals surface area contributed by atoms with Crippen LogP contribution in [0.5, 0.6) is 0 Å². The molecule has 1 N–H and O–H groups in total. The van der Waals surface area contributed by atoms with E-state index in [2.05, 4.69) is 6.92 Å². The minimum absolute atomic E-state index is 0.0125. The van der Waals surface area contributed by atoms with Crippen molar-refractivity contribution >= 4 is 11.6 Å². The fourth-order valence-corrected chi connectivity index (χ4v) is 6.85. The van der Waals surface area contributed by atoms with Crippen LogP contribution in [0.3, 0.4) is 0 Å². The standard InChI is InChI=1S/C20H27FO3/c1-20-7-6-14-13(15(20)4-5-16(20)18(24)10-22)3-2-11-8-12(23)9-17(21)19(11)14/h8,13-17,19,22H,2-7,9-10H2,1H3/t13-,14+,15+,16-,17?,19+,20+/m1/s1. The molecule has 4 aliphatic carbocycles. The highest BCUT2D eigenvalue weighted by Crippen LogP contribution is 2.63. The molecule has 0 amide bonds. The zero-order valence-electron chi connectivity index (χ0n) is 14.3. The molecule has 0 aromatic rings. The van der Waals surface area contributed by atoms with Crippen LogP contribution in [-0.2, 0) is 9.59 Å². The number of ketones is 2. The number of hydrogen-bond acceptors (Lipinski definition) is 3. The van der Waals surface area contributed by atoms with Crippen molar-refractivity contribution in [2.45, 2.75) is 58.0 Å². The molecule has 3 fully saturated rings. The third-order valence-corrected chi connectivity index (χ3v) is 7.83. The number of Topliss-reactive ketones (excluding diaryl/α,β-unsaturated/α-hetero) is 1.